The minimum Gasteiger partial charge on any atom is -0.338 e. The zero-order chi connectivity index (χ0) is 9.26. The molecule has 0 amide bonds. The molecule has 0 saturated heterocycles. The highest BCUT2D eigenvalue weighted by molar-refractivity contribution is 5.20. The second-order valence-corrected chi connectivity index (χ2v) is 4.01. The fourth-order valence-electron chi connectivity index (χ4n) is 1.11. The maximum absolute atomic E-state index is 5.04. The van der Waals surface area contributed by atoms with Gasteiger partial charge < -0.3 is 9.84 Å². The SMILES string of the molecule is CC(C)CNc1nc(C2CC2)no1. The van der Waals surface area contributed by atoms with E-state index in [4.69, 9.17) is 4.52 Å². The largest absolute Gasteiger partial charge is 0.338 e. The van der Waals surface area contributed by atoms with Gasteiger partial charge in [-0.05, 0) is 18.8 Å². The van der Waals surface area contributed by atoms with E-state index in [2.05, 4.69) is 29.3 Å². The molecule has 1 aliphatic rings. The van der Waals surface area contributed by atoms with E-state index in [-0.39, 0.29) is 0 Å². The van der Waals surface area contributed by atoms with Crippen molar-refractivity contribution in [3.63, 3.8) is 0 Å². The van der Waals surface area contributed by atoms with E-state index in [9.17, 15) is 0 Å². The lowest BCUT2D eigenvalue weighted by Crippen LogP contribution is -2.07. The van der Waals surface area contributed by atoms with Crippen molar-refractivity contribution < 1.29 is 4.52 Å². The predicted octanol–water partition coefficient (Wildman–Crippen LogP) is 2.01. The van der Waals surface area contributed by atoms with Gasteiger partial charge in [0.1, 0.15) is 0 Å². The lowest BCUT2D eigenvalue weighted by Gasteiger charge is -2.02. The van der Waals surface area contributed by atoms with Gasteiger partial charge in [-0.15, -0.1) is 0 Å². The molecule has 0 aliphatic heterocycles. The van der Waals surface area contributed by atoms with E-state index in [0.717, 1.165) is 12.4 Å². The Balaban J connectivity index is 1.89. The molecule has 1 aromatic rings. The zero-order valence-electron chi connectivity index (χ0n) is 8.08. The molecule has 1 fully saturated rings. The maximum atomic E-state index is 5.04. The van der Waals surface area contributed by atoms with Crippen LogP contribution in [-0.4, -0.2) is 16.7 Å². The van der Waals surface area contributed by atoms with Gasteiger partial charge >= 0.3 is 6.01 Å². The Bertz CT molecular complexity index is 278. The number of aromatic nitrogens is 2. The molecule has 0 atom stereocenters. The van der Waals surface area contributed by atoms with Gasteiger partial charge in [0.25, 0.3) is 0 Å². The van der Waals surface area contributed by atoms with Crippen LogP contribution in [0, 0.1) is 5.92 Å². The van der Waals surface area contributed by atoms with E-state index in [1.165, 1.54) is 12.8 Å². The molecule has 0 bridgehead atoms. The van der Waals surface area contributed by atoms with Crippen molar-refractivity contribution in [1.82, 2.24) is 10.1 Å². The summed E-state index contributed by atoms with van der Waals surface area (Å²) in [7, 11) is 0. The summed E-state index contributed by atoms with van der Waals surface area (Å²) in [5, 5.41) is 7.01. The molecule has 1 aliphatic carbocycles. The number of rotatable bonds is 4. The van der Waals surface area contributed by atoms with Crippen LogP contribution in [-0.2, 0) is 0 Å². The molecule has 4 nitrogen and oxygen atoms in total. The summed E-state index contributed by atoms with van der Waals surface area (Å²) in [4.78, 5) is 4.26. The van der Waals surface area contributed by atoms with Crippen LogP contribution < -0.4 is 5.32 Å². The Hall–Kier alpha value is -1.06. The molecule has 1 N–H and O–H groups in total. The Morgan fingerprint density at radius 2 is 2.31 bits per heavy atom. The third kappa shape index (κ3) is 2.20. The molecule has 13 heavy (non-hydrogen) atoms. The van der Waals surface area contributed by atoms with Gasteiger partial charge in [0.2, 0.25) is 0 Å². The average Bonchev–Trinajstić information content (AvgIpc) is 2.83. The summed E-state index contributed by atoms with van der Waals surface area (Å²) >= 11 is 0. The molecule has 1 heterocycles. The molecule has 1 aromatic heterocycles. The fraction of sp³-hybridized carbons (Fsp3) is 0.778. The second-order valence-electron chi connectivity index (χ2n) is 4.01. The monoisotopic (exact) mass is 181 g/mol. The third-order valence-electron chi connectivity index (χ3n) is 2.05. The van der Waals surface area contributed by atoms with Gasteiger partial charge in [-0.2, -0.15) is 4.98 Å². The molecular formula is C9H15N3O. The van der Waals surface area contributed by atoms with Crippen molar-refractivity contribution in [2.75, 3.05) is 11.9 Å². The molecule has 72 valence electrons. The first-order chi connectivity index (χ1) is 6.25. The lowest BCUT2D eigenvalue weighted by atomic mass is 10.2. The first-order valence-corrected chi connectivity index (χ1v) is 4.83. The first-order valence-electron chi connectivity index (χ1n) is 4.83. The van der Waals surface area contributed by atoms with Crippen LogP contribution in [0.2, 0.25) is 0 Å². The van der Waals surface area contributed by atoms with Crippen LogP contribution in [0.1, 0.15) is 38.4 Å². The van der Waals surface area contributed by atoms with E-state index in [0.29, 0.717) is 17.9 Å². The minimum atomic E-state index is 0.565. The van der Waals surface area contributed by atoms with Crippen molar-refractivity contribution in [1.29, 1.82) is 0 Å². The van der Waals surface area contributed by atoms with E-state index in [1.807, 2.05) is 0 Å². The van der Waals surface area contributed by atoms with Crippen LogP contribution >= 0.6 is 0 Å². The van der Waals surface area contributed by atoms with Crippen molar-refractivity contribution in [3.05, 3.63) is 5.82 Å². The number of anilines is 1. The van der Waals surface area contributed by atoms with Crippen LogP contribution in [0.5, 0.6) is 0 Å². The van der Waals surface area contributed by atoms with E-state index < -0.39 is 0 Å². The van der Waals surface area contributed by atoms with Crippen molar-refractivity contribution >= 4 is 6.01 Å². The van der Waals surface area contributed by atoms with Gasteiger partial charge in [0.15, 0.2) is 5.82 Å². The number of hydrogen-bond acceptors (Lipinski definition) is 4. The molecule has 1 saturated carbocycles. The van der Waals surface area contributed by atoms with Gasteiger partial charge in [-0.1, -0.05) is 19.0 Å². The summed E-state index contributed by atoms with van der Waals surface area (Å²) < 4.78 is 5.04. The minimum absolute atomic E-state index is 0.565. The van der Waals surface area contributed by atoms with Crippen molar-refractivity contribution in [3.8, 4) is 0 Å². The molecule has 4 heteroatoms. The number of nitrogens with one attached hydrogen (secondary N) is 1. The number of nitrogens with zero attached hydrogens (tertiary/aromatic N) is 2. The summed E-state index contributed by atoms with van der Waals surface area (Å²) in [6, 6.07) is 0.565. The smallest absolute Gasteiger partial charge is 0.321 e. The molecule has 0 radical (unpaired) electrons. The highest BCUT2D eigenvalue weighted by atomic mass is 16.5. The third-order valence-corrected chi connectivity index (χ3v) is 2.05. The van der Waals surface area contributed by atoms with Gasteiger partial charge in [-0.25, -0.2) is 0 Å². The summed E-state index contributed by atoms with van der Waals surface area (Å²) in [6.07, 6.45) is 2.42. The Labute approximate surface area is 77.7 Å². The Kier molecular flexibility index (Phi) is 2.20. The molecule has 0 spiro atoms. The fourth-order valence-corrected chi connectivity index (χ4v) is 1.11. The normalized spacial score (nSPS) is 16.5. The Morgan fingerprint density at radius 1 is 1.54 bits per heavy atom. The lowest BCUT2D eigenvalue weighted by molar-refractivity contribution is 0.420. The maximum Gasteiger partial charge on any atom is 0.321 e. The van der Waals surface area contributed by atoms with Crippen LogP contribution in [0.25, 0.3) is 0 Å². The summed E-state index contributed by atoms with van der Waals surface area (Å²) in [6.45, 7) is 5.17. The van der Waals surface area contributed by atoms with Crippen LogP contribution in [0.4, 0.5) is 6.01 Å². The van der Waals surface area contributed by atoms with E-state index in [1.54, 1.807) is 0 Å². The molecule has 0 aromatic carbocycles. The number of hydrogen-bond donors (Lipinski definition) is 1. The summed E-state index contributed by atoms with van der Waals surface area (Å²) in [5.74, 6) is 2.03. The van der Waals surface area contributed by atoms with Gasteiger partial charge in [0.05, 0.1) is 0 Å². The molecule has 0 unspecified atom stereocenters. The van der Waals surface area contributed by atoms with Crippen molar-refractivity contribution in [2.45, 2.75) is 32.6 Å². The quantitative estimate of drug-likeness (QED) is 0.772. The molecular weight excluding hydrogens is 166 g/mol. The Morgan fingerprint density at radius 3 is 2.92 bits per heavy atom. The zero-order valence-corrected chi connectivity index (χ0v) is 8.08. The average molecular weight is 181 g/mol. The molecule has 2 rings (SSSR count). The first kappa shape index (κ1) is 8.53. The van der Waals surface area contributed by atoms with Crippen LogP contribution in [0.3, 0.4) is 0 Å². The van der Waals surface area contributed by atoms with Gasteiger partial charge in [-0.3, -0.25) is 0 Å². The topological polar surface area (TPSA) is 51.0 Å². The second kappa shape index (κ2) is 3.36. The predicted molar refractivity (Wildman–Crippen MR) is 49.6 cm³/mol. The highest BCUT2D eigenvalue weighted by Crippen LogP contribution is 2.38. The van der Waals surface area contributed by atoms with Gasteiger partial charge in [0, 0.05) is 12.5 Å². The van der Waals surface area contributed by atoms with Crippen LogP contribution in [0.15, 0.2) is 4.52 Å². The van der Waals surface area contributed by atoms with E-state index >= 15 is 0 Å². The standard InChI is InChI=1S/C9H15N3O/c1-6(2)5-10-9-11-8(12-13-9)7-3-4-7/h6-7H,3-5H2,1-2H3,(H,10,11,12). The highest BCUT2D eigenvalue weighted by Gasteiger charge is 2.28. The summed E-state index contributed by atoms with van der Waals surface area (Å²) in [5.41, 5.74) is 0. The van der Waals surface area contributed by atoms with Crippen molar-refractivity contribution in [2.24, 2.45) is 5.92 Å².